The maximum atomic E-state index is 13.4. The topological polar surface area (TPSA) is 62.1 Å². The summed E-state index contributed by atoms with van der Waals surface area (Å²) in [5.74, 6) is -1.48. The molecule has 0 spiro atoms. The van der Waals surface area contributed by atoms with Crippen molar-refractivity contribution < 1.29 is 27.1 Å². The van der Waals surface area contributed by atoms with Crippen molar-refractivity contribution in [2.24, 2.45) is 0 Å². The molecule has 0 unspecified atom stereocenters. The molecule has 1 rings (SSSR count). The highest BCUT2D eigenvalue weighted by molar-refractivity contribution is 5.90. The number of benzene rings is 1. The number of nitriles is 1. The first-order valence-corrected chi connectivity index (χ1v) is 5.46. The Morgan fingerprint density at radius 3 is 2.65 bits per heavy atom. The maximum Gasteiger partial charge on any atom is 0.411 e. The molecule has 0 aliphatic heterocycles. The van der Waals surface area contributed by atoms with E-state index in [0.29, 0.717) is 0 Å². The van der Waals surface area contributed by atoms with Crippen molar-refractivity contribution in [3.05, 3.63) is 29.6 Å². The van der Waals surface area contributed by atoms with E-state index in [2.05, 4.69) is 10.1 Å². The molecule has 1 N–H and O–H groups in total. The largest absolute Gasteiger partial charge is 0.411 e. The lowest BCUT2D eigenvalue weighted by Crippen LogP contribution is -2.20. The molecule has 4 nitrogen and oxygen atoms in total. The third-order valence-electron chi connectivity index (χ3n) is 2.11. The van der Waals surface area contributed by atoms with Gasteiger partial charge in [-0.15, -0.1) is 0 Å². The monoisotopic (exact) mass is 290 g/mol. The van der Waals surface area contributed by atoms with E-state index >= 15 is 0 Å². The van der Waals surface area contributed by atoms with Crippen molar-refractivity contribution in [2.45, 2.75) is 12.6 Å². The Morgan fingerprint density at radius 2 is 2.10 bits per heavy atom. The second-order valence-corrected chi connectivity index (χ2v) is 3.77. The summed E-state index contributed by atoms with van der Waals surface area (Å²) in [5.41, 5.74) is -0.0566. The molecule has 8 heteroatoms. The van der Waals surface area contributed by atoms with Crippen LogP contribution in [-0.2, 0) is 9.53 Å². The number of nitrogens with one attached hydrogen (secondary N) is 1. The SMILES string of the molecule is N#Cc1ccc(NC(=O)CCOCC(F)(F)F)c(F)c1. The van der Waals surface area contributed by atoms with E-state index in [1.54, 1.807) is 6.07 Å². The van der Waals surface area contributed by atoms with E-state index in [1.807, 2.05) is 0 Å². The number of rotatable bonds is 5. The van der Waals surface area contributed by atoms with Crippen LogP contribution >= 0.6 is 0 Å². The first-order valence-electron chi connectivity index (χ1n) is 5.46. The standard InChI is InChI=1S/C12H10F4N2O2/c13-9-5-8(6-17)1-2-10(9)18-11(19)3-4-20-7-12(14,15)16/h1-2,5H,3-4,7H2,(H,18,19). The van der Waals surface area contributed by atoms with Gasteiger partial charge in [-0.05, 0) is 18.2 Å². The highest BCUT2D eigenvalue weighted by Crippen LogP contribution is 2.16. The summed E-state index contributed by atoms with van der Waals surface area (Å²) in [7, 11) is 0. The van der Waals surface area contributed by atoms with Crippen LogP contribution in [-0.4, -0.2) is 25.3 Å². The zero-order valence-electron chi connectivity index (χ0n) is 10.1. The predicted molar refractivity (Wildman–Crippen MR) is 61.2 cm³/mol. The molecule has 20 heavy (non-hydrogen) atoms. The van der Waals surface area contributed by atoms with Gasteiger partial charge >= 0.3 is 6.18 Å². The summed E-state index contributed by atoms with van der Waals surface area (Å²) in [6.07, 6.45) is -4.79. The first kappa shape index (κ1) is 15.9. The number of hydrogen-bond acceptors (Lipinski definition) is 3. The number of amides is 1. The Morgan fingerprint density at radius 1 is 1.40 bits per heavy atom. The summed E-state index contributed by atoms with van der Waals surface area (Å²) >= 11 is 0. The summed E-state index contributed by atoms with van der Waals surface area (Å²) in [6.45, 7) is -1.87. The van der Waals surface area contributed by atoms with Crippen molar-refractivity contribution in [2.75, 3.05) is 18.5 Å². The van der Waals surface area contributed by atoms with Gasteiger partial charge in [-0.2, -0.15) is 18.4 Å². The zero-order valence-corrected chi connectivity index (χ0v) is 10.1. The molecule has 108 valence electrons. The molecule has 0 atom stereocenters. The van der Waals surface area contributed by atoms with Gasteiger partial charge in [0, 0.05) is 0 Å². The lowest BCUT2D eigenvalue weighted by molar-refractivity contribution is -0.174. The van der Waals surface area contributed by atoms with Gasteiger partial charge in [0.15, 0.2) is 0 Å². The van der Waals surface area contributed by atoms with Crippen LogP contribution < -0.4 is 5.32 Å². The molecule has 0 aliphatic carbocycles. The summed E-state index contributed by atoms with van der Waals surface area (Å²) in [4.78, 5) is 11.3. The van der Waals surface area contributed by atoms with Gasteiger partial charge < -0.3 is 10.1 Å². The molecule has 0 heterocycles. The molecule has 1 amide bonds. The fourth-order valence-corrected chi connectivity index (χ4v) is 1.25. The van der Waals surface area contributed by atoms with Crippen molar-refractivity contribution in [3.63, 3.8) is 0 Å². The molecular formula is C12H10F4N2O2. The van der Waals surface area contributed by atoms with Gasteiger partial charge in [-0.25, -0.2) is 4.39 Å². The van der Waals surface area contributed by atoms with Crippen LogP contribution in [0, 0.1) is 17.1 Å². The third kappa shape index (κ3) is 5.67. The summed E-state index contributed by atoms with van der Waals surface area (Å²) in [5, 5.41) is 10.7. The second kappa shape index (κ2) is 6.86. The summed E-state index contributed by atoms with van der Waals surface area (Å²) < 4.78 is 52.9. The predicted octanol–water partition coefficient (Wildman–Crippen LogP) is 2.60. The van der Waals surface area contributed by atoms with E-state index in [-0.39, 0.29) is 17.7 Å². The van der Waals surface area contributed by atoms with Crippen molar-refractivity contribution in [3.8, 4) is 6.07 Å². The van der Waals surface area contributed by atoms with Gasteiger partial charge in [0.2, 0.25) is 5.91 Å². The van der Waals surface area contributed by atoms with Crippen molar-refractivity contribution >= 4 is 11.6 Å². The number of hydrogen-bond donors (Lipinski definition) is 1. The van der Waals surface area contributed by atoms with Gasteiger partial charge in [0.1, 0.15) is 12.4 Å². The quantitative estimate of drug-likeness (QED) is 0.669. The molecule has 0 aromatic heterocycles. The van der Waals surface area contributed by atoms with Crippen LogP contribution in [0.2, 0.25) is 0 Å². The van der Waals surface area contributed by atoms with E-state index in [4.69, 9.17) is 5.26 Å². The average Bonchev–Trinajstić information content (AvgIpc) is 2.36. The highest BCUT2D eigenvalue weighted by Gasteiger charge is 2.27. The highest BCUT2D eigenvalue weighted by atomic mass is 19.4. The molecular weight excluding hydrogens is 280 g/mol. The van der Waals surface area contributed by atoms with E-state index in [9.17, 15) is 22.4 Å². The number of anilines is 1. The zero-order chi connectivity index (χ0) is 15.2. The number of ether oxygens (including phenoxy) is 1. The lowest BCUT2D eigenvalue weighted by atomic mass is 10.2. The van der Waals surface area contributed by atoms with Crippen LogP contribution in [0.15, 0.2) is 18.2 Å². The van der Waals surface area contributed by atoms with Crippen LogP contribution in [0.1, 0.15) is 12.0 Å². The lowest BCUT2D eigenvalue weighted by Gasteiger charge is -2.08. The molecule has 0 bridgehead atoms. The summed E-state index contributed by atoms with van der Waals surface area (Å²) in [6, 6.07) is 5.17. The fourth-order valence-electron chi connectivity index (χ4n) is 1.25. The minimum absolute atomic E-state index is 0.0917. The van der Waals surface area contributed by atoms with E-state index in [1.165, 1.54) is 12.1 Å². The normalized spacial score (nSPS) is 10.9. The number of nitrogens with zero attached hydrogens (tertiary/aromatic N) is 1. The van der Waals surface area contributed by atoms with Crippen LogP contribution in [0.5, 0.6) is 0 Å². The van der Waals surface area contributed by atoms with Gasteiger partial charge in [0.05, 0.1) is 30.3 Å². The first-order chi connectivity index (χ1) is 9.31. The van der Waals surface area contributed by atoms with E-state index < -0.39 is 31.1 Å². The third-order valence-corrected chi connectivity index (χ3v) is 2.11. The smallest absolute Gasteiger partial charge is 0.372 e. The van der Waals surface area contributed by atoms with Crippen molar-refractivity contribution in [1.82, 2.24) is 0 Å². The molecule has 0 radical (unpaired) electrons. The molecule has 0 saturated carbocycles. The minimum atomic E-state index is -4.45. The Kier molecular flexibility index (Phi) is 5.46. The molecule has 0 fully saturated rings. The maximum absolute atomic E-state index is 13.4. The average molecular weight is 290 g/mol. The minimum Gasteiger partial charge on any atom is -0.372 e. The van der Waals surface area contributed by atoms with Crippen LogP contribution in [0.3, 0.4) is 0 Å². The number of carbonyl (C=O) groups is 1. The molecule has 0 aliphatic rings. The second-order valence-electron chi connectivity index (χ2n) is 3.77. The number of alkyl halides is 3. The molecule has 0 saturated heterocycles. The fraction of sp³-hybridized carbons (Fsp3) is 0.333. The Balaban J connectivity index is 2.41. The Hall–Kier alpha value is -2.14. The molecule has 1 aromatic rings. The van der Waals surface area contributed by atoms with Gasteiger partial charge in [0.25, 0.3) is 0 Å². The Labute approximate surface area is 112 Å². The van der Waals surface area contributed by atoms with Gasteiger partial charge in [-0.1, -0.05) is 0 Å². The van der Waals surface area contributed by atoms with Crippen LogP contribution in [0.4, 0.5) is 23.2 Å². The number of halogens is 4. The molecule has 1 aromatic carbocycles. The van der Waals surface area contributed by atoms with Crippen LogP contribution in [0.25, 0.3) is 0 Å². The Bertz CT molecular complexity index is 523. The van der Waals surface area contributed by atoms with Crippen molar-refractivity contribution in [1.29, 1.82) is 5.26 Å². The van der Waals surface area contributed by atoms with E-state index in [0.717, 1.165) is 6.07 Å². The van der Waals surface area contributed by atoms with Gasteiger partial charge in [-0.3, -0.25) is 4.79 Å². The number of carbonyl (C=O) groups excluding carboxylic acids is 1.